The minimum absolute atomic E-state index is 0.243. The van der Waals surface area contributed by atoms with E-state index in [1.165, 1.54) is 25.5 Å². The molecule has 0 bridgehead atoms. The first kappa shape index (κ1) is 13.4. The molecule has 0 amide bonds. The third-order valence-electron chi connectivity index (χ3n) is 3.53. The molecule has 1 aromatic rings. The fourth-order valence-corrected chi connectivity index (χ4v) is 2.59. The molecule has 4 heteroatoms. The van der Waals surface area contributed by atoms with Gasteiger partial charge in [0.15, 0.2) is 0 Å². The highest BCUT2D eigenvalue weighted by Crippen LogP contribution is 2.19. The summed E-state index contributed by atoms with van der Waals surface area (Å²) in [5.74, 6) is -0.243. The Morgan fingerprint density at radius 2 is 2.33 bits per heavy atom. The number of halogens is 1. The average Bonchev–Trinajstić information content (AvgIpc) is 2.38. The van der Waals surface area contributed by atoms with E-state index in [0.29, 0.717) is 6.04 Å². The number of nitrogens with zero attached hydrogens (tertiary/aromatic N) is 2. The molecule has 1 unspecified atom stereocenters. The highest BCUT2D eigenvalue weighted by Gasteiger charge is 2.21. The number of likely N-dealkylation sites (N-methyl/N-ethyl adjacent to an activating group) is 1. The van der Waals surface area contributed by atoms with Gasteiger partial charge in [0.05, 0.1) is 6.20 Å². The van der Waals surface area contributed by atoms with Crippen molar-refractivity contribution in [3.63, 3.8) is 0 Å². The first-order valence-electron chi connectivity index (χ1n) is 6.83. The molecule has 0 spiro atoms. The van der Waals surface area contributed by atoms with Crippen molar-refractivity contribution < 1.29 is 4.39 Å². The van der Waals surface area contributed by atoms with Gasteiger partial charge in [0.1, 0.15) is 5.82 Å². The summed E-state index contributed by atoms with van der Waals surface area (Å²) < 4.78 is 13.1. The molecule has 100 valence electrons. The van der Waals surface area contributed by atoms with Crippen molar-refractivity contribution in [1.29, 1.82) is 0 Å². The molecule has 1 saturated heterocycles. The van der Waals surface area contributed by atoms with E-state index in [-0.39, 0.29) is 5.82 Å². The number of hydrogen-bond donors (Lipinski definition) is 1. The molecular weight excluding hydrogens is 229 g/mol. The SMILES string of the molecule is CCNCC1CCCCN1Cc1cncc(F)c1. The fraction of sp³-hybridized carbons (Fsp3) is 0.643. The summed E-state index contributed by atoms with van der Waals surface area (Å²) in [6, 6.07) is 2.16. The Morgan fingerprint density at radius 1 is 1.44 bits per heavy atom. The van der Waals surface area contributed by atoms with Crippen LogP contribution in [0.15, 0.2) is 18.5 Å². The van der Waals surface area contributed by atoms with Crippen LogP contribution in [0.4, 0.5) is 4.39 Å². The number of hydrogen-bond acceptors (Lipinski definition) is 3. The lowest BCUT2D eigenvalue weighted by molar-refractivity contribution is 0.138. The second-order valence-corrected chi connectivity index (χ2v) is 4.94. The molecule has 1 fully saturated rings. The molecule has 1 N–H and O–H groups in total. The molecule has 1 aliphatic heterocycles. The van der Waals surface area contributed by atoms with Crippen LogP contribution < -0.4 is 5.32 Å². The van der Waals surface area contributed by atoms with E-state index in [9.17, 15) is 4.39 Å². The maximum Gasteiger partial charge on any atom is 0.141 e. The highest BCUT2D eigenvalue weighted by molar-refractivity contribution is 5.10. The van der Waals surface area contributed by atoms with Crippen LogP contribution in [-0.2, 0) is 6.54 Å². The van der Waals surface area contributed by atoms with Gasteiger partial charge in [0, 0.05) is 25.3 Å². The van der Waals surface area contributed by atoms with Gasteiger partial charge in [-0.1, -0.05) is 13.3 Å². The Hall–Kier alpha value is -1.00. The summed E-state index contributed by atoms with van der Waals surface area (Å²) in [6.07, 6.45) is 6.80. The number of piperidine rings is 1. The molecule has 2 heterocycles. The van der Waals surface area contributed by atoms with Crippen LogP contribution in [0.3, 0.4) is 0 Å². The molecule has 1 atom stereocenters. The predicted octanol–water partition coefficient (Wildman–Crippen LogP) is 2.18. The maximum atomic E-state index is 13.1. The van der Waals surface area contributed by atoms with Crippen LogP contribution in [0.1, 0.15) is 31.7 Å². The monoisotopic (exact) mass is 251 g/mol. The number of rotatable bonds is 5. The van der Waals surface area contributed by atoms with Crippen molar-refractivity contribution in [1.82, 2.24) is 15.2 Å². The number of likely N-dealkylation sites (tertiary alicyclic amines) is 1. The zero-order chi connectivity index (χ0) is 12.8. The predicted molar refractivity (Wildman–Crippen MR) is 70.8 cm³/mol. The summed E-state index contributed by atoms with van der Waals surface area (Å²) >= 11 is 0. The molecule has 0 aromatic carbocycles. The summed E-state index contributed by atoms with van der Waals surface area (Å²) in [4.78, 5) is 6.37. The average molecular weight is 251 g/mol. The van der Waals surface area contributed by atoms with E-state index in [1.807, 2.05) is 0 Å². The van der Waals surface area contributed by atoms with Crippen molar-refractivity contribution in [2.75, 3.05) is 19.6 Å². The second kappa shape index (κ2) is 6.81. The van der Waals surface area contributed by atoms with E-state index in [4.69, 9.17) is 0 Å². The van der Waals surface area contributed by atoms with Crippen LogP contribution in [0.5, 0.6) is 0 Å². The number of pyridine rings is 1. The van der Waals surface area contributed by atoms with Gasteiger partial charge in [-0.2, -0.15) is 0 Å². The van der Waals surface area contributed by atoms with Gasteiger partial charge in [0.2, 0.25) is 0 Å². The highest BCUT2D eigenvalue weighted by atomic mass is 19.1. The Bertz CT molecular complexity index is 370. The minimum atomic E-state index is -0.243. The van der Waals surface area contributed by atoms with Gasteiger partial charge in [-0.15, -0.1) is 0 Å². The van der Waals surface area contributed by atoms with E-state index in [1.54, 1.807) is 12.3 Å². The van der Waals surface area contributed by atoms with Crippen molar-refractivity contribution in [2.45, 2.75) is 38.8 Å². The third-order valence-corrected chi connectivity index (χ3v) is 3.53. The Morgan fingerprint density at radius 3 is 3.11 bits per heavy atom. The van der Waals surface area contributed by atoms with E-state index < -0.39 is 0 Å². The first-order valence-corrected chi connectivity index (χ1v) is 6.83. The van der Waals surface area contributed by atoms with Gasteiger partial charge in [-0.3, -0.25) is 9.88 Å². The lowest BCUT2D eigenvalue weighted by atomic mass is 10.0. The minimum Gasteiger partial charge on any atom is -0.315 e. The molecule has 18 heavy (non-hydrogen) atoms. The molecule has 0 saturated carbocycles. The summed E-state index contributed by atoms with van der Waals surface area (Å²) in [7, 11) is 0. The van der Waals surface area contributed by atoms with Crippen molar-refractivity contribution in [3.05, 3.63) is 29.8 Å². The Kier molecular flexibility index (Phi) is 5.08. The van der Waals surface area contributed by atoms with Crippen LogP contribution in [0.25, 0.3) is 0 Å². The molecular formula is C14H22FN3. The largest absolute Gasteiger partial charge is 0.315 e. The number of nitrogens with one attached hydrogen (secondary N) is 1. The van der Waals surface area contributed by atoms with Gasteiger partial charge < -0.3 is 5.32 Å². The van der Waals surface area contributed by atoms with E-state index in [0.717, 1.165) is 31.7 Å². The normalized spacial score (nSPS) is 21.1. The molecule has 0 aliphatic carbocycles. The van der Waals surface area contributed by atoms with Crippen molar-refractivity contribution >= 4 is 0 Å². The second-order valence-electron chi connectivity index (χ2n) is 4.94. The Labute approximate surface area is 108 Å². The van der Waals surface area contributed by atoms with E-state index >= 15 is 0 Å². The van der Waals surface area contributed by atoms with Gasteiger partial charge in [-0.25, -0.2) is 4.39 Å². The smallest absolute Gasteiger partial charge is 0.141 e. The van der Waals surface area contributed by atoms with Crippen LogP contribution in [-0.4, -0.2) is 35.6 Å². The summed E-state index contributed by atoms with van der Waals surface area (Å²) in [5, 5.41) is 3.41. The van der Waals surface area contributed by atoms with Gasteiger partial charge >= 0.3 is 0 Å². The number of aromatic nitrogens is 1. The molecule has 2 rings (SSSR count). The van der Waals surface area contributed by atoms with Crippen LogP contribution in [0, 0.1) is 5.82 Å². The fourth-order valence-electron chi connectivity index (χ4n) is 2.59. The first-order chi connectivity index (χ1) is 8.79. The molecule has 3 nitrogen and oxygen atoms in total. The van der Waals surface area contributed by atoms with Crippen LogP contribution >= 0.6 is 0 Å². The lowest BCUT2D eigenvalue weighted by Crippen LogP contribution is -2.44. The van der Waals surface area contributed by atoms with Crippen molar-refractivity contribution in [3.8, 4) is 0 Å². The summed E-state index contributed by atoms with van der Waals surface area (Å²) in [6.45, 7) is 6.07. The van der Waals surface area contributed by atoms with Gasteiger partial charge in [-0.05, 0) is 37.6 Å². The Balaban J connectivity index is 1.96. The topological polar surface area (TPSA) is 28.2 Å². The summed E-state index contributed by atoms with van der Waals surface area (Å²) in [5.41, 5.74) is 0.971. The van der Waals surface area contributed by atoms with Gasteiger partial charge in [0.25, 0.3) is 0 Å². The maximum absolute atomic E-state index is 13.1. The molecule has 1 aliphatic rings. The zero-order valence-corrected chi connectivity index (χ0v) is 11.0. The molecule has 0 radical (unpaired) electrons. The quantitative estimate of drug-likeness (QED) is 0.869. The lowest BCUT2D eigenvalue weighted by Gasteiger charge is -2.35. The third kappa shape index (κ3) is 3.75. The van der Waals surface area contributed by atoms with Crippen LogP contribution in [0.2, 0.25) is 0 Å². The molecule has 1 aromatic heterocycles. The van der Waals surface area contributed by atoms with Crippen molar-refractivity contribution in [2.24, 2.45) is 0 Å². The zero-order valence-electron chi connectivity index (χ0n) is 11.0. The standard InChI is InChI=1S/C14H22FN3/c1-2-16-10-14-5-3-4-6-18(14)11-12-7-13(15)9-17-8-12/h7-9,14,16H,2-6,10-11H2,1H3. The van der Waals surface area contributed by atoms with E-state index in [2.05, 4.69) is 22.1 Å².